The van der Waals surface area contributed by atoms with Gasteiger partial charge in [0.1, 0.15) is 0 Å². The Morgan fingerprint density at radius 2 is 0.513 bits per heavy atom. The van der Waals surface area contributed by atoms with Crippen LogP contribution in [0.25, 0.3) is 0 Å². The van der Waals surface area contributed by atoms with E-state index in [-0.39, 0.29) is 202 Å². The number of esters is 3. The molecule has 6 amide bonds. The number of nitrogens with one attached hydrogen (secondary N) is 6. The predicted octanol–water partition coefficient (Wildman–Crippen LogP) is 13.2. The molecular weight excluding hydrogens is 1440 g/mol. The van der Waals surface area contributed by atoms with Crippen LogP contribution < -0.4 is 37.6 Å². The SMILES string of the molecule is CC(=O)NC1C(OCCCCCCCCCCCCNC(=O)CCOCC(N)(COCCC(=O)NCCCCCCCCCCCCOC2CC(COC(C)=O)C(C)C(C)C2NC(C)=O)COCCC(=O)NCCCCCCCCCCCCOC2CC(COC(C)=O)C(C)C(C)C2NC(C)=O)CC(COC(C)=O)C(C)C1C. The number of carbonyl (C=O) groups excluding carboxylic acids is 9. The molecule has 3 aliphatic carbocycles. The normalized spacial score (nSPS) is 24.1. The highest BCUT2D eigenvalue weighted by molar-refractivity contribution is 5.77. The van der Waals surface area contributed by atoms with Crippen LogP contribution in [0.1, 0.15) is 314 Å². The van der Waals surface area contributed by atoms with Gasteiger partial charge in [-0.05, 0) is 111 Å². The van der Waals surface area contributed by atoms with Crippen molar-refractivity contribution in [1.29, 1.82) is 0 Å². The fourth-order valence-corrected chi connectivity index (χ4v) is 16.5. The molecule has 0 aromatic carbocycles. The molecule has 8 N–H and O–H groups in total. The van der Waals surface area contributed by atoms with Crippen LogP contribution in [0.3, 0.4) is 0 Å². The topological polar surface area (TPSA) is 335 Å². The van der Waals surface area contributed by atoms with Crippen LogP contribution in [-0.2, 0) is 85.8 Å². The molecule has 25 heteroatoms. The second kappa shape index (κ2) is 62.2. The van der Waals surface area contributed by atoms with Crippen LogP contribution in [-0.4, -0.2) is 194 Å². The third-order valence-electron chi connectivity index (χ3n) is 24.1. The highest BCUT2D eigenvalue weighted by Crippen LogP contribution is 2.40. The lowest BCUT2D eigenvalue weighted by atomic mass is 9.70. The van der Waals surface area contributed by atoms with Gasteiger partial charge in [-0.25, -0.2) is 0 Å². The van der Waals surface area contributed by atoms with Crippen molar-refractivity contribution in [2.75, 3.05) is 98.9 Å². The summed E-state index contributed by atoms with van der Waals surface area (Å²) >= 11 is 0. The predicted molar refractivity (Wildman–Crippen MR) is 442 cm³/mol. The number of rotatable bonds is 66. The number of amides is 6. The van der Waals surface area contributed by atoms with Crippen molar-refractivity contribution >= 4 is 53.4 Å². The summed E-state index contributed by atoms with van der Waals surface area (Å²) in [5, 5.41) is 18.5. The van der Waals surface area contributed by atoms with Crippen LogP contribution in [0.2, 0.25) is 0 Å². The molecule has 0 heterocycles. The third kappa shape index (κ3) is 47.8. The van der Waals surface area contributed by atoms with Gasteiger partial charge in [-0.2, -0.15) is 0 Å². The van der Waals surface area contributed by atoms with Gasteiger partial charge in [0.25, 0.3) is 0 Å². The number of hydrogen-bond donors (Lipinski definition) is 7. The maximum Gasteiger partial charge on any atom is 0.302 e. The molecule has 656 valence electrons. The molecule has 3 fully saturated rings. The maximum absolute atomic E-state index is 12.8. The molecule has 15 atom stereocenters. The van der Waals surface area contributed by atoms with Crippen LogP contribution in [0.5, 0.6) is 0 Å². The van der Waals surface area contributed by atoms with Crippen LogP contribution >= 0.6 is 0 Å². The lowest BCUT2D eigenvalue weighted by molar-refractivity contribution is -0.146. The number of nitrogens with two attached hydrogens (primary N) is 1. The Bertz CT molecular complexity index is 2330. The second-order valence-corrected chi connectivity index (χ2v) is 33.9. The van der Waals surface area contributed by atoms with E-state index < -0.39 is 5.54 Å². The molecule has 3 rings (SSSR count). The summed E-state index contributed by atoms with van der Waals surface area (Å²) in [6.45, 7) is 27.4. The molecule has 25 nitrogen and oxygen atoms in total. The molecule has 3 saturated carbocycles. The Morgan fingerprint density at radius 1 is 0.301 bits per heavy atom. The van der Waals surface area contributed by atoms with Gasteiger partial charge in [0, 0.05) is 100 Å². The van der Waals surface area contributed by atoms with Gasteiger partial charge in [-0.1, -0.05) is 196 Å². The largest absolute Gasteiger partial charge is 0.466 e. The molecule has 0 bridgehead atoms. The summed E-state index contributed by atoms with van der Waals surface area (Å²) in [6.07, 6.45) is 35.5. The van der Waals surface area contributed by atoms with Gasteiger partial charge in [-0.15, -0.1) is 0 Å². The number of hydrogen-bond acceptors (Lipinski definition) is 19. The number of unbranched alkanes of at least 4 members (excludes halogenated alkanes) is 27. The van der Waals surface area contributed by atoms with Crippen molar-refractivity contribution in [1.82, 2.24) is 31.9 Å². The zero-order chi connectivity index (χ0) is 83.0. The first-order valence-corrected chi connectivity index (χ1v) is 44.6. The van der Waals surface area contributed by atoms with Gasteiger partial charge in [0.2, 0.25) is 35.4 Å². The van der Waals surface area contributed by atoms with E-state index in [1.165, 1.54) is 78.6 Å². The molecule has 15 unspecified atom stereocenters. The first-order valence-electron chi connectivity index (χ1n) is 44.6. The molecule has 0 aromatic rings. The maximum atomic E-state index is 12.8. The molecule has 0 aliphatic heterocycles. The highest BCUT2D eigenvalue weighted by atomic mass is 16.5. The first kappa shape index (κ1) is 102. The van der Waals surface area contributed by atoms with E-state index >= 15 is 0 Å². The van der Waals surface area contributed by atoms with E-state index in [9.17, 15) is 43.2 Å². The standard InChI is InChI=1S/C88H161N7O18/c1-64-67(4)85(93-70(7)96)79(55-76(64)58-111-73(10)99)108-49-40-34-28-22-16-13-19-25-31-37-46-90-82(102)43-52-105-61-88(89,62-106-53-44-83(103)91-47-38-32-26-20-14-17-23-29-35-41-50-109-80-56-77(59-112-74(11)100)65(2)68(5)86(80)94-71(8)97)63-107-54-45-84(104)92-48-39-33-27-21-15-18-24-30-36-42-51-110-81-57-78(60-113-75(12)101)66(3)69(6)87(81)95-72(9)98/h64-69,76-81,85-87H,13-63,89H2,1-12H3,(H,90,102)(H,91,103)(H,92,104)(H,93,96)(H,94,97)(H,95,98). The third-order valence-corrected chi connectivity index (χ3v) is 24.1. The minimum absolute atomic E-state index is 0.0540. The summed E-state index contributed by atoms with van der Waals surface area (Å²) < 4.78 is 53.2. The van der Waals surface area contributed by atoms with Gasteiger partial charge < -0.3 is 80.3 Å². The number of carbonyl (C=O) groups is 9. The van der Waals surface area contributed by atoms with E-state index in [0.717, 1.165) is 154 Å². The van der Waals surface area contributed by atoms with Crippen molar-refractivity contribution in [3.05, 3.63) is 0 Å². The summed E-state index contributed by atoms with van der Waals surface area (Å²) in [6, 6.07) is -0.182. The summed E-state index contributed by atoms with van der Waals surface area (Å²) in [7, 11) is 0. The molecule has 113 heavy (non-hydrogen) atoms. The average Bonchev–Trinajstić information content (AvgIpc) is 0.818. The van der Waals surface area contributed by atoms with Crippen molar-refractivity contribution in [2.24, 2.45) is 59.0 Å². The fraction of sp³-hybridized carbons (Fsp3) is 0.898. The Hall–Kier alpha value is -5.05. The van der Waals surface area contributed by atoms with Gasteiger partial charge in [0.05, 0.1) is 101 Å². The van der Waals surface area contributed by atoms with Gasteiger partial charge in [0.15, 0.2) is 0 Å². The molecule has 3 aliphatic rings. The van der Waals surface area contributed by atoms with Gasteiger partial charge in [-0.3, -0.25) is 43.2 Å². The second-order valence-electron chi connectivity index (χ2n) is 33.9. The van der Waals surface area contributed by atoms with Crippen molar-refractivity contribution in [2.45, 2.75) is 356 Å². The molecule has 0 aromatic heterocycles. The molecule has 0 saturated heterocycles. The van der Waals surface area contributed by atoms with Crippen LogP contribution in [0, 0.1) is 53.3 Å². The Morgan fingerprint density at radius 3 is 0.726 bits per heavy atom. The minimum atomic E-state index is -1.09. The fourth-order valence-electron chi connectivity index (χ4n) is 16.5. The minimum Gasteiger partial charge on any atom is -0.466 e. The lowest BCUT2D eigenvalue weighted by Gasteiger charge is -2.44. The van der Waals surface area contributed by atoms with E-state index in [1.54, 1.807) is 20.8 Å². The Kier molecular flexibility index (Phi) is 56.2. The highest BCUT2D eigenvalue weighted by Gasteiger charge is 2.45. The average molecular weight is 1610 g/mol. The Labute approximate surface area is 682 Å². The van der Waals surface area contributed by atoms with Crippen LogP contribution in [0.15, 0.2) is 0 Å². The van der Waals surface area contributed by atoms with Crippen LogP contribution in [0.4, 0.5) is 0 Å². The smallest absolute Gasteiger partial charge is 0.302 e. The van der Waals surface area contributed by atoms with Gasteiger partial charge >= 0.3 is 17.9 Å². The van der Waals surface area contributed by atoms with Crippen molar-refractivity contribution in [3.8, 4) is 0 Å². The first-order chi connectivity index (χ1) is 54.2. The summed E-state index contributed by atoms with van der Waals surface area (Å²) in [5.41, 5.74) is 5.77. The van der Waals surface area contributed by atoms with E-state index in [4.69, 9.17) is 48.4 Å². The summed E-state index contributed by atoms with van der Waals surface area (Å²) in [5.74, 6) is 0.788. The van der Waals surface area contributed by atoms with Crippen molar-refractivity contribution < 1.29 is 85.8 Å². The molecule has 0 radical (unpaired) electrons. The Balaban J connectivity index is 1.29. The monoisotopic (exact) mass is 1600 g/mol. The summed E-state index contributed by atoms with van der Waals surface area (Å²) in [4.78, 5) is 109. The molecular formula is C88H161N7O18. The lowest BCUT2D eigenvalue weighted by Crippen LogP contribution is -2.55. The van der Waals surface area contributed by atoms with E-state index in [0.29, 0.717) is 59.3 Å². The zero-order valence-corrected chi connectivity index (χ0v) is 72.6. The van der Waals surface area contributed by atoms with Crippen molar-refractivity contribution in [3.63, 3.8) is 0 Å². The van der Waals surface area contributed by atoms with E-state index in [2.05, 4.69) is 73.4 Å². The quantitative estimate of drug-likeness (QED) is 0.0169. The number of ether oxygens (including phenoxy) is 9. The molecule has 0 spiro atoms. The zero-order valence-electron chi connectivity index (χ0n) is 72.6. The van der Waals surface area contributed by atoms with E-state index in [1.807, 2.05) is 0 Å².